The molecule has 1 amide bonds. The van der Waals surface area contributed by atoms with Crippen molar-refractivity contribution in [1.82, 2.24) is 10.2 Å². The van der Waals surface area contributed by atoms with E-state index in [0.29, 0.717) is 0 Å². The van der Waals surface area contributed by atoms with Gasteiger partial charge in [-0.15, -0.1) is 0 Å². The normalized spacial score (nSPS) is 20.6. The van der Waals surface area contributed by atoms with Crippen LogP contribution in [-0.2, 0) is 0 Å². The van der Waals surface area contributed by atoms with E-state index in [0.717, 1.165) is 25.9 Å². The Morgan fingerprint density at radius 1 is 1.56 bits per heavy atom. The van der Waals surface area contributed by atoms with Crippen molar-refractivity contribution in [2.75, 3.05) is 25.9 Å². The molecule has 1 heterocycles. The van der Waals surface area contributed by atoms with Crippen LogP contribution >= 0.6 is 0 Å². The molecule has 2 rings (SSSR count). The van der Waals surface area contributed by atoms with Gasteiger partial charge in [-0.2, -0.15) is 0 Å². The minimum atomic E-state index is -0.264. The lowest BCUT2D eigenvalue weighted by atomic mass is 10.1. The first-order valence-corrected chi connectivity index (χ1v) is 6.15. The molecular formula is C13H19N3O2. The summed E-state index contributed by atoms with van der Waals surface area (Å²) in [4.78, 5) is 14.2. The highest BCUT2D eigenvalue weighted by Crippen LogP contribution is 2.24. The first-order chi connectivity index (χ1) is 8.58. The number of amides is 1. The third-order valence-corrected chi connectivity index (χ3v) is 3.27. The van der Waals surface area contributed by atoms with Crippen molar-refractivity contribution in [2.45, 2.75) is 18.9 Å². The highest BCUT2D eigenvalue weighted by atomic mass is 16.3. The molecule has 1 unspecified atom stereocenters. The van der Waals surface area contributed by atoms with Crippen molar-refractivity contribution in [1.29, 1.82) is 0 Å². The number of phenols is 1. The Morgan fingerprint density at radius 3 is 3.06 bits per heavy atom. The van der Waals surface area contributed by atoms with Gasteiger partial charge in [-0.1, -0.05) is 6.07 Å². The van der Waals surface area contributed by atoms with Crippen LogP contribution in [0.2, 0.25) is 0 Å². The summed E-state index contributed by atoms with van der Waals surface area (Å²) in [5.41, 5.74) is 6.04. The van der Waals surface area contributed by atoms with E-state index in [1.807, 2.05) is 7.05 Å². The number of para-hydroxylation sites is 1. The third kappa shape index (κ3) is 2.73. The average Bonchev–Trinajstić information content (AvgIpc) is 2.32. The summed E-state index contributed by atoms with van der Waals surface area (Å²) in [5.74, 6) is -0.403. The smallest absolute Gasteiger partial charge is 0.255 e. The van der Waals surface area contributed by atoms with Gasteiger partial charge in [0.2, 0.25) is 0 Å². The zero-order valence-corrected chi connectivity index (χ0v) is 10.5. The van der Waals surface area contributed by atoms with E-state index in [4.69, 9.17) is 5.73 Å². The number of nitrogen functional groups attached to an aromatic ring is 1. The molecule has 0 bridgehead atoms. The summed E-state index contributed by atoms with van der Waals surface area (Å²) >= 11 is 0. The molecule has 1 aliphatic rings. The minimum absolute atomic E-state index is 0.136. The number of likely N-dealkylation sites (N-methyl/N-ethyl adjacent to an activating group) is 1. The van der Waals surface area contributed by atoms with Crippen LogP contribution in [0.3, 0.4) is 0 Å². The number of nitrogens with two attached hydrogens (primary N) is 1. The zero-order valence-electron chi connectivity index (χ0n) is 10.5. The van der Waals surface area contributed by atoms with Gasteiger partial charge in [-0.05, 0) is 38.6 Å². The van der Waals surface area contributed by atoms with Gasteiger partial charge in [0, 0.05) is 12.6 Å². The number of anilines is 1. The van der Waals surface area contributed by atoms with E-state index in [2.05, 4.69) is 10.2 Å². The summed E-state index contributed by atoms with van der Waals surface area (Å²) in [6, 6.07) is 4.95. The second kappa shape index (κ2) is 5.27. The van der Waals surface area contributed by atoms with E-state index in [1.54, 1.807) is 18.2 Å². The quantitative estimate of drug-likeness (QED) is 0.535. The van der Waals surface area contributed by atoms with Crippen LogP contribution in [-0.4, -0.2) is 42.1 Å². The molecule has 0 saturated carbocycles. The van der Waals surface area contributed by atoms with E-state index in [-0.39, 0.29) is 28.9 Å². The number of carbonyl (C=O) groups excluding carboxylic acids is 1. The van der Waals surface area contributed by atoms with Crippen molar-refractivity contribution in [3.63, 3.8) is 0 Å². The van der Waals surface area contributed by atoms with Crippen molar-refractivity contribution in [2.24, 2.45) is 0 Å². The number of rotatable bonds is 2. The standard InChI is InChI=1S/C13H19N3O2/c1-16-7-3-4-9(8-16)15-13(18)10-5-2-6-11(14)12(10)17/h2,5-6,9,17H,3-4,7-8,14H2,1H3,(H,15,18). The van der Waals surface area contributed by atoms with Gasteiger partial charge in [-0.25, -0.2) is 0 Å². The minimum Gasteiger partial charge on any atom is -0.505 e. The molecule has 1 fully saturated rings. The Morgan fingerprint density at radius 2 is 2.33 bits per heavy atom. The van der Waals surface area contributed by atoms with Crippen molar-refractivity contribution in [3.05, 3.63) is 23.8 Å². The van der Waals surface area contributed by atoms with E-state index < -0.39 is 0 Å². The molecule has 1 saturated heterocycles. The van der Waals surface area contributed by atoms with Crippen LogP contribution < -0.4 is 11.1 Å². The molecule has 0 aliphatic carbocycles. The van der Waals surface area contributed by atoms with E-state index in [9.17, 15) is 9.90 Å². The lowest BCUT2D eigenvalue weighted by molar-refractivity contribution is 0.0910. The molecule has 4 N–H and O–H groups in total. The van der Waals surface area contributed by atoms with Crippen LogP contribution in [0.1, 0.15) is 23.2 Å². The highest BCUT2D eigenvalue weighted by molar-refractivity contribution is 5.98. The number of benzene rings is 1. The van der Waals surface area contributed by atoms with Gasteiger partial charge in [-0.3, -0.25) is 4.79 Å². The average molecular weight is 249 g/mol. The fourth-order valence-electron chi connectivity index (χ4n) is 2.29. The Kier molecular flexibility index (Phi) is 3.72. The Hall–Kier alpha value is -1.75. The second-order valence-electron chi connectivity index (χ2n) is 4.82. The predicted molar refractivity (Wildman–Crippen MR) is 70.5 cm³/mol. The number of piperidine rings is 1. The van der Waals surface area contributed by atoms with Crippen molar-refractivity contribution < 1.29 is 9.90 Å². The highest BCUT2D eigenvalue weighted by Gasteiger charge is 2.21. The molecule has 1 atom stereocenters. The van der Waals surface area contributed by atoms with Crippen LogP contribution in [0.5, 0.6) is 5.75 Å². The van der Waals surface area contributed by atoms with Crippen LogP contribution in [0.4, 0.5) is 5.69 Å². The molecule has 1 aliphatic heterocycles. The lowest BCUT2D eigenvalue weighted by Gasteiger charge is -2.30. The number of nitrogens with one attached hydrogen (secondary N) is 1. The molecule has 18 heavy (non-hydrogen) atoms. The largest absolute Gasteiger partial charge is 0.505 e. The van der Waals surface area contributed by atoms with E-state index in [1.165, 1.54) is 0 Å². The molecule has 1 aromatic rings. The first kappa shape index (κ1) is 12.7. The molecule has 5 nitrogen and oxygen atoms in total. The monoisotopic (exact) mass is 249 g/mol. The van der Waals surface area contributed by atoms with Crippen LogP contribution in [0.25, 0.3) is 0 Å². The van der Waals surface area contributed by atoms with Crippen molar-refractivity contribution >= 4 is 11.6 Å². The summed E-state index contributed by atoms with van der Waals surface area (Å²) in [5, 5.41) is 12.7. The summed E-state index contributed by atoms with van der Waals surface area (Å²) in [6.45, 7) is 1.91. The van der Waals surface area contributed by atoms with Crippen molar-refractivity contribution in [3.8, 4) is 5.75 Å². The molecule has 1 aromatic carbocycles. The number of phenolic OH excluding ortho intramolecular Hbond substituents is 1. The van der Waals surface area contributed by atoms with Gasteiger partial charge in [0.1, 0.15) is 0 Å². The molecule has 0 spiro atoms. The molecule has 98 valence electrons. The predicted octanol–water partition coefficient (Wildman–Crippen LogP) is 0.798. The molecular weight excluding hydrogens is 230 g/mol. The molecule has 0 radical (unpaired) electrons. The first-order valence-electron chi connectivity index (χ1n) is 6.15. The zero-order chi connectivity index (χ0) is 13.1. The molecule has 0 aromatic heterocycles. The Bertz CT molecular complexity index is 448. The number of hydrogen-bond donors (Lipinski definition) is 3. The van der Waals surface area contributed by atoms with Gasteiger partial charge < -0.3 is 21.1 Å². The Labute approximate surface area is 107 Å². The summed E-state index contributed by atoms with van der Waals surface area (Å²) in [6.07, 6.45) is 2.05. The number of likely N-dealkylation sites (tertiary alicyclic amines) is 1. The topological polar surface area (TPSA) is 78.6 Å². The number of hydrogen-bond acceptors (Lipinski definition) is 4. The number of carbonyl (C=O) groups is 1. The molecule has 5 heteroatoms. The van der Waals surface area contributed by atoms with Crippen LogP contribution in [0, 0.1) is 0 Å². The van der Waals surface area contributed by atoms with Crippen LogP contribution in [0.15, 0.2) is 18.2 Å². The fraction of sp³-hybridized carbons (Fsp3) is 0.462. The van der Waals surface area contributed by atoms with Gasteiger partial charge in [0.05, 0.1) is 11.3 Å². The van der Waals surface area contributed by atoms with Gasteiger partial charge >= 0.3 is 0 Å². The number of nitrogens with zero attached hydrogens (tertiary/aromatic N) is 1. The Balaban J connectivity index is 2.05. The maximum atomic E-state index is 12.0. The second-order valence-corrected chi connectivity index (χ2v) is 4.82. The lowest BCUT2D eigenvalue weighted by Crippen LogP contribution is -2.46. The maximum Gasteiger partial charge on any atom is 0.255 e. The number of aromatic hydroxyl groups is 1. The maximum absolute atomic E-state index is 12.0. The fourth-order valence-corrected chi connectivity index (χ4v) is 2.29. The SMILES string of the molecule is CN1CCCC(NC(=O)c2cccc(N)c2O)C1. The summed E-state index contributed by atoms with van der Waals surface area (Å²) < 4.78 is 0. The van der Waals surface area contributed by atoms with Gasteiger partial charge in [0.25, 0.3) is 5.91 Å². The van der Waals surface area contributed by atoms with Gasteiger partial charge in [0.15, 0.2) is 5.75 Å². The summed E-state index contributed by atoms with van der Waals surface area (Å²) in [7, 11) is 2.04. The third-order valence-electron chi connectivity index (χ3n) is 3.27. The van der Waals surface area contributed by atoms with E-state index >= 15 is 0 Å².